The van der Waals surface area contributed by atoms with Crippen LogP contribution >= 0.6 is 56.5 Å². The maximum Gasteiger partial charge on any atom is 0.271 e. The summed E-state index contributed by atoms with van der Waals surface area (Å²) in [5, 5.41) is 11.0. The number of allylic oxidation sites excluding steroid dienone is 1. The molecule has 0 amide bonds. The quantitative estimate of drug-likeness (QED) is 0.0997. The Hall–Kier alpha value is -3.82. The fraction of sp³-hybridized carbons (Fsp3) is 0.143. The molecule has 230 valence electrons. The highest BCUT2D eigenvalue weighted by molar-refractivity contribution is 14.1. The van der Waals surface area contributed by atoms with Crippen molar-refractivity contribution in [2.45, 2.75) is 25.5 Å². The lowest BCUT2D eigenvalue weighted by molar-refractivity contribution is -0.384. The van der Waals surface area contributed by atoms with Gasteiger partial charge in [-0.05, 0) is 117 Å². The molecule has 2 aliphatic rings. The monoisotopic (exact) mass is 853 g/mol. The number of thiazole rings is 1. The summed E-state index contributed by atoms with van der Waals surface area (Å²) in [6.07, 6.45) is 3.61. The molecular formula is C35H25I2N3O5S. The molecule has 0 spiro atoms. The van der Waals surface area contributed by atoms with Gasteiger partial charge in [-0.15, -0.1) is 0 Å². The highest BCUT2D eigenvalue weighted by atomic mass is 127. The van der Waals surface area contributed by atoms with Gasteiger partial charge in [0, 0.05) is 23.3 Å². The van der Waals surface area contributed by atoms with Crippen molar-refractivity contribution in [3.8, 4) is 11.5 Å². The second-order valence-electron chi connectivity index (χ2n) is 10.9. The van der Waals surface area contributed by atoms with Crippen molar-refractivity contribution in [3.05, 3.63) is 155 Å². The van der Waals surface area contributed by atoms with Crippen LogP contribution < -0.4 is 24.4 Å². The van der Waals surface area contributed by atoms with E-state index in [1.807, 2.05) is 53.1 Å². The molecule has 0 fully saturated rings. The number of hydrogen-bond acceptors (Lipinski definition) is 7. The number of ether oxygens (including phenoxy) is 2. The zero-order valence-electron chi connectivity index (χ0n) is 24.4. The van der Waals surface area contributed by atoms with Crippen LogP contribution in [0.1, 0.15) is 40.3 Å². The number of rotatable bonds is 7. The third-order valence-electron chi connectivity index (χ3n) is 8.16. The van der Waals surface area contributed by atoms with E-state index in [4.69, 9.17) is 14.5 Å². The number of nitro benzene ring substituents is 1. The first-order valence-electron chi connectivity index (χ1n) is 14.4. The van der Waals surface area contributed by atoms with E-state index < -0.39 is 4.92 Å². The summed E-state index contributed by atoms with van der Waals surface area (Å²) in [6, 6.07) is 26.3. The minimum absolute atomic E-state index is 0.0433. The van der Waals surface area contributed by atoms with Crippen molar-refractivity contribution in [2.24, 2.45) is 4.99 Å². The number of nitrogens with zero attached hydrogens (tertiary/aromatic N) is 3. The molecule has 0 radical (unpaired) electrons. The summed E-state index contributed by atoms with van der Waals surface area (Å²) in [7, 11) is 1.66. The number of aromatic nitrogens is 1. The van der Waals surface area contributed by atoms with E-state index in [0.29, 0.717) is 9.33 Å². The molecule has 11 heteroatoms. The summed E-state index contributed by atoms with van der Waals surface area (Å²) in [6.45, 7) is 0.276. The highest BCUT2D eigenvalue weighted by Gasteiger charge is 2.34. The van der Waals surface area contributed by atoms with E-state index in [-0.39, 0.29) is 23.9 Å². The van der Waals surface area contributed by atoms with Crippen molar-refractivity contribution < 1.29 is 14.4 Å². The van der Waals surface area contributed by atoms with E-state index in [2.05, 4.69) is 63.4 Å². The molecule has 0 unspecified atom stereocenters. The van der Waals surface area contributed by atoms with Gasteiger partial charge in [0.05, 0.1) is 35.4 Å². The van der Waals surface area contributed by atoms with E-state index in [1.54, 1.807) is 19.2 Å². The lowest BCUT2D eigenvalue weighted by Crippen LogP contribution is -2.39. The number of halogens is 2. The largest absolute Gasteiger partial charge is 0.496 e. The van der Waals surface area contributed by atoms with E-state index in [9.17, 15) is 14.9 Å². The van der Waals surface area contributed by atoms with E-state index in [0.717, 1.165) is 65.0 Å². The lowest BCUT2D eigenvalue weighted by Gasteiger charge is -2.31. The molecule has 1 aliphatic heterocycles. The predicted octanol–water partition coefficient (Wildman–Crippen LogP) is 7.02. The van der Waals surface area contributed by atoms with Crippen molar-refractivity contribution in [2.75, 3.05) is 7.11 Å². The first-order valence-corrected chi connectivity index (χ1v) is 17.4. The minimum Gasteiger partial charge on any atom is -0.496 e. The Bertz CT molecular complexity index is 2220. The summed E-state index contributed by atoms with van der Waals surface area (Å²) in [5.41, 5.74) is 7.07. The molecule has 5 aromatic rings. The third kappa shape index (κ3) is 5.68. The number of para-hydroxylation sites is 1. The number of benzene rings is 4. The average molecular weight is 853 g/mol. The molecule has 46 heavy (non-hydrogen) atoms. The van der Waals surface area contributed by atoms with Crippen LogP contribution in [-0.4, -0.2) is 16.6 Å². The van der Waals surface area contributed by atoms with Crippen molar-refractivity contribution in [1.82, 2.24) is 4.57 Å². The van der Waals surface area contributed by atoms with Crippen LogP contribution in [0.15, 0.2) is 100 Å². The molecule has 7 rings (SSSR count). The second kappa shape index (κ2) is 12.8. The van der Waals surface area contributed by atoms with Crippen molar-refractivity contribution >= 4 is 74.0 Å². The SMILES string of the molecule is COc1ccccc1[C@H]1C2=C(N=c3s/c(=C\c4cc(I)c(OCc5ccc([N+](=O)[O-])cc5)c(I)c4)c(=O)n31)c1ccccc1CC2. The molecule has 0 bridgehead atoms. The Kier molecular flexibility index (Phi) is 8.55. The van der Waals surface area contributed by atoms with Crippen LogP contribution in [0.4, 0.5) is 5.69 Å². The molecule has 0 saturated carbocycles. The molecule has 1 aliphatic carbocycles. The number of aryl methyl sites for hydroxylation is 1. The molecule has 1 aromatic heterocycles. The molecule has 4 aromatic carbocycles. The maximum atomic E-state index is 14.2. The molecule has 0 N–H and O–H groups in total. The number of nitro groups is 1. The van der Waals surface area contributed by atoms with Crippen LogP contribution in [0.3, 0.4) is 0 Å². The van der Waals surface area contributed by atoms with Gasteiger partial charge in [-0.3, -0.25) is 19.5 Å². The van der Waals surface area contributed by atoms with Gasteiger partial charge < -0.3 is 9.47 Å². The molecule has 1 atom stereocenters. The Balaban J connectivity index is 1.29. The lowest BCUT2D eigenvalue weighted by atomic mass is 9.83. The average Bonchev–Trinajstić information content (AvgIpc) is 3.37. The summed E-state index contributed by atoms with van der Waals surface area (Å²) in [4.78, 5) is 30.6. The van der Waals surface area contributed by atoms with Crippen LogP contribution in [0, 0.1) is 17.3 Å². The van der Waals surface area contributed by atoms with Crippen LogP contribution in [0.25, 0.3) is 11.8 Å². The molecule has 0 saturated heterocycles. The smallest absolute Gasteiger partial charge is 0.271 e. The van der Waals surface area contributed by atoms with Crippen molar-refractivity contribution in [1.29, 1.82) is 0 Å². The molecule has 8 nitrogen and oxygen atoms in total. The number of hydrogen-bond donors (Lipinski definition) is 0. The number of methoxy groups -OCH3 is 1. The van der Waals surface area contributed by atoms with Crippen LogP contribution in [-0.2, 0) is 13.0 Å². The third-order valence-corrected chi connectivity index (χ3v) is 10.7. The highest BCUT2D eigenvalue weighted by Crippen LogP contribution is 2.43. The molecular weight excluding hydrogens is 828 g/mol. The first kappa shape index (κ1) is 30.8. The maximum absolute atomic E-state index is 14.2. The first-order chi connectivity index (χ1) is 22.3. The van der Waals surface area contributed by atoms with Gasteiger partial charge in [-0.2, -0.15) is 0 Å². The molecule has 2 heterocycles. The topological polar surface area (TPSA) is 96.0 Å². The van der Waals surface area contributed by atoms with E-state index in [1.165, 1.54) is 29.0 Å². The van der Waals surface area contributed by atoms with Gasteiger partial charge in [0.2, 0.25) is 0 Å². The van der Waals surface area contributed by atoms with Crippen molar-refractivity contribution in [3.63, 3.8) is 0 Å². The summed E-state index contributed by atoms with van der Waals surface area (Å²) >= 11 is 5.87. The van der Waals surface area contributed by atoms with E-state index >= 15 is 0 Å². The van der Waals surface area contributed by atoms with Gasteiger partial charge in [0.15, 0.2) is 4.80 Å². The Morgan fingerprint density at radius 1 is 1.02 bits per heavy atom. The van der Waals surface area contributed by atoms with Crippen LogP contribution in [0.2, 0.25) is 0 Å². The zero-order valence-corrected chi connectivity index (χ0v) is 29.5. The summed E-state index contributed by atoms with van der Waals surface area (Å²) in [5.74, 6) is 1.46. The Morgan fingerprint density at radius 3 is 2.48 bits per heavy atom. The number of fused-ring (bicyclic) bond motifs is 3. The van der Waals surface area contributed by atoms with Gasteiger partial charge in [-0.25, -0.2) is 4.99 Å². The van der Waals surface area contributed by atoms with Crippen LogP contribution in [0.5, 0.6) is 11.5 Å². The predicted molar refractivity (Wildman–Crippen MR) is 195 cm³/mol. The Morgan fingerprint density at radius 2 is 1.74 bits per heavy atom. The zero-order chi connectivity index (χ0) is 31.9. The van der Waals surface area contributed by atoms with Gasteiger partial charge in [-0.1, -0.05) is 53.8 Å². The summed E-state index contributed by atoms with van der Waals surface area (Å²) < 4.78 is 16.1. The fourth-order valence-corrected chi connectivity index (χ4v) is 9.14. The Labute approximate surface area is 295 Å². The minimum atomic E-state index is -0.419. The normalized spacial score (nSPS) is 15.5. The standard InChI is InChI=1S/C35H25I2N3O5S/c1-44-29-9-5-4-8-25(29)32-26-15-12-22-6-2-3-7-24(22)31(26)38-35-39(32)34(41)30(46-35)18-21-16-27(36)33(28(37)17-21)45-19-20-10-13-23(14-11-20)40(42)43/h2-11,13-14,16-18,32H,12,15,19H2,1H3/b30-18-/t32-/m0/s1. The number of non-ortho nitro benzene ring substituents is 1. The van der Waals surface area contributed by atoms with Gasteiger partial charge >= 0.3 is 0 Å². The van der Waals surface area contributed by atoms with Gasteiger partial charge in [0.25, 0.3) is 11.2 Å². The van der Waals surface area contributed by atoms with Gasteiger partial charge in [0.1, 0.15) is 18.1 Å². The fourth-order valence-electron chi connectivity index (χ4n) is 6.01. The second-order valence-corrected chi connectivity index (χ2v) is 14.2.